The van der Waals surface area contributed by atoms with E-state index in [2.05, 4.69) is 10.6 Å². The highest BCUT2D eigenvalue weighted by Crippen LogP contribution is 2.19. The summed E-state index contributed by atoms with van der Waals surface area (Å²) in [5.74, 6) is -2.45. The van der Waals surface area contributed by atoms with Crippen LogP contribution in [-0.4, -0.2) is 48.3 Å². The van der Waals surface area contributed by atoms with Gasteiger partial charge in [0.15, 0.2) is 0 Å². The molecule has 8 heteroatoms. The Morgan fingerprint density at radius 3 is 2.54 bits per heavy atom. The Balaban J connectivity index is 1.97. The number of hydrogen-bond acceptors (Lipinski definition) is 5. The second-order valence-electron chi connectivity index (χ2n) is 6.06. The van der Waals surface area contributed by atoms with Gasteiger partial charge in [0.25, 0.3) is 0 Å². The van der Waals surface area contributed by atoms with Gasteiger partial charge in [-0.2, -0.15) is 0 Å². The van der Waals surface area contributed by atoms with Crippen LogP contribution < -0.4 is 10.6 Å². The number of carbonyl (C=O) groups excluding carboxylic acids is 4. The molecule has 1 unspecified atom stereocenters. The molecule has 0 aliphatic carbocycles. The molecule has 1 saturated heterocycles. The molecule has 140 valence electrons. The lowest BCUT2D eigenvalue weighted by molar-refractivity contribution is -0.153. The van der Waals surface area contributed by atoms with Crippen LogP contribution in [0.3, 0.4) is 0 Å². The number of nitrogens with zero attached hydrogens (tertiary/aromatic N) is 1. The molecule has 3 amide bonds. The molecule has 26 heavy (non-hydrogen) atoms. The summed E-state index contributed by atoms with van der Waals surface area (Å²) < 4.78 is 5.00. The minimum atomic E-state index is -0.783. The topological polar surface area (TPSA) is 105 Å². The number of carbonyl (C=O) groups is 4. The van der Waals surface area contributed by atoms with Crippen molar-refractivity contribution >= 4 is 35.1 Å². The van der Waals surface area contributed by atoms with E-state index in [1.54, 1.807) is 31.2 Å². The standard InChI is InChI=1S/C18H23N3O5/c1-3-26-18(25)13-6-5-9-21(11-13)17(24)16(23)20-15-8-4-7-14(10-15)19-12(2)22/h4,7-8,10,13H,3,5-6,9,11H2,1-2H3,(H,19,22)(H,20,23). The molecule has 1 aromatic carbocycles. The van der Waals surface area contributed by atoms with Crippen LogP contribution in [0.2, 0.25) is 0 Å². The van der Waals surface area contributed by atoms with Gasteiger partial charge in [0, 0.05) is 31.4 Å². The fourth-order valence-corrected chi connectivity index (χ4v) is 2.82. The number of nitrogens with one attached hydrogen (secondary N) is 2. The van der Waals surface area contributed by atoms with Gasteiger partial charge in [-0.1, -0.05) is 6.07 Å². The van der Waals surface area contributed by atoms with Gasteiger partial charge >= 0.3 is 17.8 Å². The van der Waals surface area contributed by atoms with Crippen LogP contribution in [-0.2, 0) is 23.9 Å². The van der Waals surface area contributed by atoms with Crippen LogP contribution in [0.5, 0.6) is 0 Å². The van der Waals surface area contributed by atoms with Crippen molar-refractivity contribution in [2.75, 3.05) is 30.3 Å². The lowest BCUT2D eigenvalue weighted by Crippen LogP contribution is -2.47. The minimum Gasteiger partial charge on any atom is -0.466 e. The molecule has 2 N–H and O–H groups in total. The smallest absolute Gasteiger partial charge is 0.313 e. The summed E-state index contributed by atoms with van der Waals surface area (Å²) in [5, 5.41) is 5.13. The van der Waals surface area contributed by atoms with E-state index in [0.717, 1.165) is 0 Å². The first-order chi connectivity index (χ1) is 12.4. The molecule has 1 atom stereocenters. The lowest BCUT2D eigenvalue weighted by atomic mass is 9.98. The molecule has 0 bridgehead atoms. The summed E-state index contributed by atoms with van der Waals surface area (Å²) in [6, 6.07) is 6.51. The predicted octanol–water partition coefficient (Wildman–Crippen LogP) is 1.39. The number of amides is 3. The molecule has 1 aliphatic rings. The molecule has 1 aliphatic heterocycles. The van der Waals surface area contributed by atoms with Gasteiger partial charge in [-0.25, -0.2) is 0 Å². The summed E-state index contributed by atoms with van der Waals surface area (Å²) in [7, 11) is 0. The SMILES string of the molecule is CCOC(=O)C1CCCN(C(=O)C(=O)Nc2cccc(NC(C)=O)c2)C1. The summed E-state index contributed by atoms with van der Waals surface area (Å²) in [5.41, 5.74) is 0.914. The quantitative estimate of drug-likeness (QED) is 0.623. The molecule has 0 aromatic heterocycles. The number of piperidine rings is 1. The van der Waals surface area contributed by atoms with Crippen molar-refractivity contribution in [3.63, 3.8) is 0 Å². The number of ether oxygens (including phenoxy) is 1. The monoisotopic (exact) mass is 361 g/mol. The molecule has 1 fully saturated rings. The Bertz CT molecular complexity index is 704. The van der Waals surface area contributed by atoms with Crippen LogP contribution in [0, 0.1) is 5.92 Å². The maximum atomic E-state index is 12.4. The maximum absolute atomic E-state index is 12.4. The van der Waals surface area contributed by atoms with E-state index in [1.807, 2.05) is 0 Å². The number of anilines is 2. The normalized spacial score (nSPS) is 16.5. The highest BCUT2D eigenvalue weighted by molar-refractivity contribution is 6.39. The highest BCUT2D eigenvalue weighted by atomic mass is 16.5. The third-order valence-electron chi connectivity index (χ3n) is 3.96. The molecule has 0 radical (unpaired) electrons. The van der Waals surface area contributed by atoms with Crippen molar-refractivity contribution in [2.24, 2.45) is 5.92 Å². The number of esters is 1. The highest BCUT2D eigenvalue weighted by Gasteiger charge is 2.32. The Kier molecular flexibility index (Phi) is 6.71. The van der Waals surface area contributed by atoms with Crippen LogP contribution in [0.1, 0.15) is 26.7 Å². The zero-order chi connectivity index (χ0) is 19.1. The summed E-state index contributed by atoms with van der Waals surface area (Å²) >= 11 is 0. The molecular weight excluding hydrogens is 338 g/mol. The van der Waals surface area contributed by atoms with E-state index >= 15 is 0 Å². The largest absolute Gasteiger partial charge is 0.466 e. The Morgan fingerprint density at radius 1 is 1.19 bits per heavy atom. The van der Waals surface area contributed by atoms with Gasteiger partial charge in [-0.05, 0) is 38.0 Å². The van der Waals surface area contributed by atoms with Crippen LogP contribution in [0.25, 0.3) is 0 Å². The molecule has 0 saturated carbocycles. The van der Waals surface area contributed by atoms with Crippen LogP contribution in [0.4, 0.5) is 11.4 Å². The van der Waals surface area contributed by atoms with Crippen molar-refractivity contribution < 1.29 is 23.9 Å². The first kappa shape index (κ1) is 19.4. The van der Waals surface area contributed by atoms with Crippen LogP contribution >= 0.6 is 0 Å². The van der Waals surface area contributed by atoms with E-state index in [0.29, 0.717) is 30.8 Å². The summed E-state index contributed by atoms with van der Waals surface area (Å²) in [4.78, 5) is 49.0. The molecule has 0 spiro atoms. The lowest BCUT2D eigenvalue weighted by Gasteiger charge is -2.31. The number of benzene rings is 1. The van der Waals surface area contributed by atoms with E-state index < -0.39 is 17.7 Å². The third-order valence-corrected chi connectivity index (χ3v) is 3.96. The maximum Gasteiger partial charge on any atom is 0.313 e. The van der Waals surface area contributed by atoms with Gasteiger partial charge in [0.2, 0.25) is 5.91 Å². The zero-order valence-electron chi connectivity index (χ0n) is 14.9. The number of rotatable bonds is 4. The minimum absolute atomic E-state index is 0.178. The zero-order valence-corrected chi connectivity index (χ0v) is 14.9. The van der Waals surface area contributed by atoms with Gasteiger partial charge in [0.1, 0.15) is 0 Å². The average molecular weight is 361 g/mol. The number of likely N-dealkylation sites (tertiary alicyclic amines) is 1. The first-order valence-electron chi connectivity index (χ1n) is 8.55. The Hall–Kier alpha value is -2.90. The van der Waals surface area contributed by atoms with Gasteiger partial charge in [-0.3, -0.25) is 19.2 Å². The fraction of sp³-hybridized carbons (Fsp3) is 0.444. The molecular formula is C18H23N3O5. The predicted molar refractivity (Wildman–Crippen MR) is 95.3 cm³/mol. The fourth-order valence-electron chi connectivity index (χ4n) is 2.82. The molecule has 8 nitrogen and oxygen atoms in total. The van der Waals surface area contributed by atoms with Crippen molar-refractivity contribution in [3.8, 4) is 0 Å². The van der Waals surface area contributed by atoms with Crippen LogP contribution in [0.15, 0.2) is 24.3 Å². The van der Waals surface area contributed by atoms with Gasteiger partial charge in [-0.15, -0.1) is 0 Å². The Morgan fingerprint density at radius 2 is 1.88 bits per heavy atom. The van der Waals surface area contributed by atoms with Gasteiger partial charge in [0.05, 0.1) is 12.5 Å². The summed E-state index contributed by atoms with van der Waals surface area (Å²) in [6.07, 6.45) is 1.28. The first-order valence-corrected chi connectivity index (χ1v) is 8.55. The van der Waals surface area contributed by atoms with E-state index in [1.165, 1.54) is 11.8 Å². The average Bonchev–Trinajstić information content (AvgIpc) is 2.61. The second-order valence-corrected chi connectivity index (χ2v) is 6.06. The van der Waals surface area contributed by atoms with E-state index in [4.69, 9.17) is 4.74 Å². The van der Waals surface area contributed by atoms with Gasteiger partial charge < -0.3 is 20.3 Å². The third kappa shape index (κ3) is 5.30. The Labute approximate surface area is 151 Å². The van der Waals surface area contributed by atoms with E-state index in [-0.39, 0.29) is 25.0 Å². The molecule has 1 aromatic rings. The number of hydrogen-bond donors (Lipinski definition) is 2. The molecule has 1 heterocycles. The van der Waals surface area contributed by atoms with Crippen molar-refractivity contribution in [3.05, 3.63) is 24.3 Å². The molecule has 2 rings (SSSR count). The van der Waals surface area contributed by atoms with Crippen molar-refractivity contribution in [2.45, 2.75) is 26.7 Å². The van der Waals surface area contributed by atoms with E-state index in [9.17, 15) is 19.2 Å². The summed E-state index contributed by atoms with van der Waals surface area (Å²) in [6.45, 7) is 4.00. The second kappa shape index (κ2) is 8.98. The van der Waals surface area contributed by atoms with Crippen molar-refractivity contribution in [1.29, 1.82) is 0 Å². The van der Waals surface area contributed by atoms with Crippen molar-refractivity contribution in [1.82, 2.24) is 4.90 Å².